The molecule has 0 fully saturated rings. The van der Waals surface area contributed by atoms with Crippen LogP contribution in [0.15, 0.2) is 11.1 Å². The number of phenols is 1. The molecule has 0 saturated carbocycles. The molecule has 0 aliphatic carbocycles. The first-order chi connectivity index (χ1) is 6.57. The molecule has 0 aromatic heterocycles. The van der Waals surface area contributed by atoms with E-state index in [1.54, 1.807) is 0 Å². The van der Waals surface area contributed by atoms with Gasteiger partial charge in [0.05, 0.1) is 11.6 Å². The quantitative estimate of drug-likeness (QED) is 0.604. The van der Waals surface area contributed by atoms with Gasteiger partial charge in [-0.3, -0.25) is 0 Å². The van der Waals surface area contributed by atoms with E-state index in [4.69, 9.17) is 11.6 Å². The molecule has 0 spiro atoms. The van der Waals surface area contributed by atoms with Crippen LogP contribution in [0.4, 0.5) is 0 Å². The molecular formula is C10H10ClNO2. The summed E-state index contributed by atoms with van der Waals surface area (Å²) in [5, 5.41) is 9.98. The Kier molecular flexibility index (Phi) is 3.28. The molecular weight excluding hydrogens is 202 g/mol. The number of aryl methyl sites for hydroxylation is 2. The second-order valence-corrected chi connectivity index (χ2v) is 3.44. The smallest absolute Gasteiger partial charge is 0.235 e. The predicted octanol–water partition coefficient (Wildman–Crippen LogP) is 2.50. The van der Waals surface area contributed by atoms with Gasteiger partial charge in [-0.05, 0) is 25.0 Å². The molecule has 0 heterocycles. The summed E-state index contributed by atoms with van der Waals surface area (Å²) in [5.41, 5.74) is 2.24. The van der Waals surface area contributed by atoms with Crippen molar-refractivity contribution >= 4 is 17.7 Å². The van der Waals surface area contributed by atoms with Gasteiger partial charge in [0.1, 0.15) is 5.75 Å². The molecule has 3 nitrogen and oxygen atoms in total. The lowest BCUT2D eigenvalue weighted by atomic mass is 10.0. The highest BCUT2D eigenvalue weighted by molar-refractivity contribution is 6.32. The summed E-state index contributed by atoms with van der Waals surface area (Å²) in [6.45, 7) is 3.75. The molecule has 0 bridgehead atoms. The summed E-state index contributed by atoms with van der Waals surface area (Å²) >= 11 is 5.84. The summed E-state index contributed by atoms with van der Waals surface area (Å²) in [6, 6.07) is 1.84. The van der Waals surface area contributed by atoms with Crippen LogP contribution in [-0.2, 0) is 11.3 Å². The molecule has 1 rings (SSSR count). The van der Waals surface area contributed by atoms with Crippen molar-refractivity contribution in [2.75, 3.05) is 0 Å². The van der Waals surface area contributed by atoms with Gasteiger partial charge in [-0.25, -0.2) is 9.79 Å². The van der Waals surface area contributed by atoms with Crippen molar-refractivity contribution in [1.29, 1.82) is 0 Å². The van der Waals surface area contributed by atoms with E-state index in [0.29, 0.717) is 10.6 Å². The molecule has 0 aliphatic rings. The minimum Gasteiger partial charge on any atom is -0.506 e. The molecule has 0 radical (unpaired) electrons. The molecule has 0 atom stereocenters. The first-order valence-electron chi connectivity index (χ1n) is 4.09. The summed E-state index contributed by atoms with van der Waals surface area (Å²) in [4.78, 5) is 13.4. The van der Waals surface area contributed by atoms with Gasteiger partial charge in [-0.2, -0.15) is 0 Å². The lowest BCUT2D eigenvalue weighted by Crippen LogP contribution is -1.91. The fraction of sp³-hybridized carbons (Fsp3) is 0.300. The van der Waals surface area contributed by atoms with Gasteiger partial charge in [0, 0.05) is 5.56 Å². The standard InChI is InChI=1S/C10H10ClNO2/c1-6-3-7(2)9(11)10(14)8(6)4-12-5-13/h3,14H,4H2,1-2H3. The average Bonchev–Trinajstić information content (AvgIpc) is 2.14. The van der Waals surface area contributed by atoms with E-state index in [1.165, 1.54) is 6.08 Å². The maximum atomic E-state index is 9.95. The summed E-state index contributed by atoms with van der Waals surface area (Å²) in [7, 11) is 0. The van der Waals surface area contributed by atoms with Crippen molar-refractivity contribution in [3.8, 4) is 5.75 Å². The van der Waals surface area contributed by atoms with Crippen LogP contribution in [0.25, 0.3) is 0 Å². The van der Waals surface area contributed by atoms with Gasteiger partial charge in [-0.15, -0.1) is 0 Å². The number of phenolic OH excluding ortho intramolecular Hbond substituents is 1. The van der Waals surface area contributed by atoms with E-state index in [-0.39, 0.29) is 12.3 Å². The molecule has 4 heteroatoms. The van der Waals surface area contributed by atoms with Crippen LogP contribution in [0.5, 0.6) is 5.75 Å². The minimum atomic E-state index is 0.00293. The lowest BCUT2D eigenvalue weighted by molar-refractivity contribution is 0.467. The number of hydrogen-bond acceptors (Lipinski definition) is 3. The first-order valence-corrected chi connectivity index (χ1v) is 4.47. The molecule has 0 unspecified atom stereocenters. The lowest BCUT2D eigenvalue weighted by Gasteiger charge is -2.09. The molecule has 74 valence electrons. The van der Waals surface area contributed by atoms with Crippen LogP contribution in [0.1, 0.15) is 16.7 Å². The number of aliphatic imine (C=N–C) groups is 1. The van der Waals surface area contributed by atoms with E-state index >= 15 is 0 Å². The Bertz CT molecular complexity index is 409. The summed E-state index contributed by atoms with van der Waals surface area (Å²) in [6.07, 6.45) is 1.43. The van der Waals surface area contributed by atoms with E-state index in [0.717, 1.165) is 11.1 Å². The molecule has 1 aromatic carbocycles. The number of aromatic hydroxyl groups is 1. The van der Waals surface area contributed by atoms with Crippen LogP contribution in [0.3, 0.4) is 0 Å². The third kappa shape index (κ3) is 1.95. The Morgan fingerprint density at radius 1 is 1.50 bits per heavy atom. The number of halogens is 1. The number of carbonyl (C=O) groups excluding carboxylic acids is 1. The van der Waals surface area contributed by atoms with Crippen LogP contribution >= 0.6 is 11.6 Å². The van der Waals surface area contributed by atoms with Crippen molar-refractivity contribution in [3.63, 3.8) is 0 Å². The molecule has 0 amide bonds. The highest BCUT2D eigenvalue weighted by atomic mass is 35.5. The normalized spacial score (nSPS) is 9.64. The third-order valence-corrected chi connectivity index (χ3v) is 2.53. The van der Waals surface area contributed by atoms with Crippen LogP contribution in [0, 0.1) is 13.8 Å². The van der Waals surface area contributed by atoms with E-state index in [2.05, 4.69) is 4.99 Å². The monoisotopic (exact) mass is 211 g/mol. The van der Waals surface area contributed by atoms with Crippen molar-refractivity contribution < 1.29 is 9.90 Å². The fourth-order valence-corrected chi connectivity index (χ4v) is 1.46. The maximum absolute atomic E-state index is 9.95. The van der Waals surface area contributed by atoms with Gasteiger partial charge >= 0.3 is 0 Å². The van der Waals surface area contributed by atoms with E-state index in [1.807, 2.05) is 19.9 Å². The Morgan fingerprint density at radius 3 is 2.71 bits per heavy atom. The zero-order valence-electron chi connectivity index (χ0n) is 7.97. The zero-order chi connectivity index (χ0) is 10.7. The predicted molar refractivity (Wildman–Crippen MR) is 54.4 cm³/mol. The van der Waals surface area contributed by atoms with Crippen molar-refractivity contribution in [3.05, 3.63) is 27.8 Å². The van der Waals surface area contributed by atoms with Crippen molar-refractivity contribution in [1.82, 2.24) is 0 Å². The number of hydrogen-bond donors (Lipinski definition) is 1. The number of isocyanates is 1. The second-order valence-electron chi connectivity index (χ2n) is 3.06. The van der Waals surface area contributed by atoms with Crippen LogP contribution in [0.2, 0.25) is 5.02 Å². The molecule has 14 heavy (non-hydrogen) atoms. The first kappa shape index (κ1) is 10.8. The second kappa shape index (κ2) is 4.27. The molecule has 0 aliphatic heterocycles. The number of rotatable bonds is 2. The van der Waals surface area contributed by atoms with Crippen LogP contribution in [-0.4, -0.2) is 11.2 Å². The van der Waals surface area contributed by atoms with E-state index in [9.17, 15) is 9.90 Å². The largest absolute Gasteiger partial charge is 0.506 e. The van der Waals surface area contributed by atoms with Gasteiger partial charge in [-0.1, -0.05) is 17.7 Å². The highest BCUT2D eigenvalue weighted by Gasteiger charge is 2.11. The van der Waals surface area contributed by atoms with Gasteiger partial charge in [0.15, 0.2) is 0 Å². The van der Waals surface area contributed by atoms with Gasteiger partial charge < -0.3 is 5.11 Å². The topological polar surface area (TPSA) is 49.7 Å². The number of nitrogens with zero attached hydrogens (tertiary/aromatic N) is 1. The SMILES string of the molecule is Cc1cc(C)c(CN=C=O)c(O)c1Cl. The van der Waals surface area contributed by atoms with Crippen molar-refractivity contribution in [2.24, 2.45) is 4.99 Å². The minimum absolute atomic E-state index is 0.00293. The molecule has 0 saturated heterocycles. The van der Waals surface area contributed by atoms with Gasteiger partial charge in [0.2, 0.25) is 6.08 Å². The van der Waals surface area contributed by atoms with E-state index < -0.39 is 0 Å². The summed E-state index contributed by atoms with van der Waals surface area (Å²) in [5.74, 6) is 0.00293. The van der Waals surface area contributed by atoms with Crippen LogP contribution < -0.4 is 0 Å². The highest BCUT2D eigenvalue weighted by Crippen LogP contribution is 2.33. The Balaban J connectivity index is 3.28. The number of benzene rings is 1. The maximum Gasteiger partial charge on any atom is 0.235 e. The van der Waals surface area contributed by atoms with Gasteiger partial charge in [0.25, 0.3) is 0 Å². The molecule has 1 aromatic rings. The third-order valence-electron chi connectivity index (χ3n) is 2.05. The Morgan fingerprint density at radius 2 is 2.14 bits per heavy atom. The Labute approximate surface area is 87.0 Å². The average molecular weight is 212 g/mol. The zero-order valence-corrected chi connectivity index (χ0v) is 8.72. The molecule has 1 N–H and O–H groups in total. The Hall–Kier alpha value is -1.31. The van der Waals surface area contributed by atoms with Crippen molar-refractivity contribution in [2.45, 2.75) is 20.4 Å². The summed E-state index contributed by atoms with van der Waals surface area (Å²) < 4.78 is 0. The fourth-order valence-electron chi connectivity index (χ4n) is 1.29.